The standard InChI is InChI=1S/C17H12N2O3/c1-10-3-2-4-12-13(8-18)19(17(20)16(10)12)11-5-6-14-15(7-11)22-9-21-14/h2-7,13H,9H2,1H3. The zero-order valence-corrected chi connectivity index (χ0v) is 11.9. The molecule has 22 heavy (non-hydrogen) atoms. The summed E-state index contributed by atoms with van der Waals surface area (Å²) in [6.45, 7) is 2.06. The topological polar surface area (TPSA) is 62.6 Å². The normalized spacial score (nSPS) is 18.3. The van der Waals surface area contributed by atoms with Gasteiger partial charge in [0.25, 0.3) is 5.91 Å². The lowest BCUT2D eigenvalue weighted by Crippen LogP contribution is -2.27. The monoisotopic (exact) mass is 292 g/mol. The largest absolute Gasteiger partial charge is 0.454 e. The van der Waals surface area contributed by atoms with Gasteiger partial charge in [-0.15, -0.1) is 0 Å². The molecule has 1 unspecified atom stereocenters. The molecule has 1 amide bonds. The van der Waals surface area contributed by atoms with Gasteiger partial charge in [-0.25, -0.2) is 0 Å². The van der Waals surface area contributed by atoms with Crippen molar-refractivity contribution in [2.45, 2.75) is 13.0 Å². The molecule has 1 atom stereocenters. The van der Waals surface area contributed by atoms with Crippen LogP contribution < -0.4 is 14.4 Å². The van der Waals surface area contributed by atoms with Crippen LogP contribution in [0.2, 0.25) is 0 Å². The van der Waals surface area contributed by atoms with E-state index in [0.29, 0.717) is 22.7 Å². The third-order valence-corrected chi connectivity index (χ3v) is 4.05. The summed E-state index contributed by atoms with van der Waals surface area (Å²) in [7, 11) is 0. The molecule has 0 spiro atoms. The van der Waals surface area contributed by atoms with Gasteiger partial charge in [0.15, 0.2) is 17.5 Å². The van der Waals surface area contributed by atoms with Crippen molar-refractivity contribution in [2.75, 3.05) is 11.7 Å². The zero-order chi connectivity index (χ0) is 15.3. The number of ether oxygens (including phenoxy) is 2. The summed E-state index contributed by atoms with van der Waals surface area (Å²) in [6, 6.07) is 12.5. The highest BCUT2D eigenvalue weighted by molar-refractivity contribution is 6.12. The first-order valence-corrected chi connectivity index (χ1v) is 6.93. The highest BCUT2D eigenvalue weighted by Crippen LogP contribution is 2.42. The molecule has 5 nitrogen and oxygen atoms in total. The number of fused-ring (bicyclic) bond motifs is 2. The van der Waals surface area contributed by atoms with Crippen LogP contribution in [-0.2, 0) is 0 Å². The molecule has 5 heteroatoms. The average Bonchev–Trinajstić information content (AvgIpc) is 3.09. The minimum atomic E-state index is -0.622. The summed E-state index contributed by atoms with van der Waals surface area (Å²) < 4.78 is 10.6. The number of carbonyl (C=O) groups is 1. The number of nitrogens with zero attached hydrogens (tertiary/aromatic N) is 2. The number of rotatable bonds is 1. The number of carbonyl (C=O) groups excluding carboxylic acids is 1. The van der Waals surface area contributed by atoms with E-state index in [1.807, 2.05) is 25.1 Å². The summed E-state index contributed by atoms with van der Waals surface area (Å²) in [5.41, 5.74) is 2.89. The molecule has 4 rings (SSSR count). The number of nitriles is 1. The first kappa shape index (κ1) is 12.7. The highest BCUT2D eigenvalue weighted by atomic mass is 16.7. The average molecular weight is 292 g/mol. The van der Waals surface area contributed by atoms with E-state index in [0.717, 1.165) is 11.1 Å². The van der Waals surface area contributed by atoms with Crippen molar-refractivity contribution in [3.63, 3.8) is 0 Å². The van der Waals surface area contributed by atoms with Gasteiger partial charge in [-0.2, -0.15) is 5.26 Å². The molecule has 0 N–H and O–H groups in total. The van der Waals surface area contributed by atoms with Crippen molar-refractivity contribution >= 4 is 11.6 Å². The molecule has 0 fully saturated rings. The van der Waals surface area contributed by atoms with E-state index in [-0.39, 0.29) is 12.7 Å². The van der Waals surface area contributed by atoms with Crippen molar-refractivity contribution in [1.29, 1.82) is 5.26 Å². The Morgan fingerprint density at radius 2 is 2.05 bits per heavy atom. The molecule has 0 saturated carbocycles. The van der Waals surface area contributed by atoms with Crippen LogP contribution in [0.1, 0.15) is 27.5 Å². The van der Waals surface area contributed by atoms with E-state index in [4.69, 9.17) is 9.47 Å². The zero-order valence-electron chi connectivity index (χ0n) is 11.9. The van der Waals surface area contributed by atoms with E-state index in [9.17, 15) is 10.1 Å². The maximum Gasteiger partial charge on any atom is 0.260 e. The fourth-order valence-electron chi connectivity index (χ4n) is 3.02. The van der Waals surface area contributed by atoms with Gasteiger partial charge in [0, 0.05) is 22.9 Å². The van der Waals surface area contributed by atoms with Crippen molar-refractivity contribution in [2.24, 2.45) is 0 Å². The Bertz CT molecular complexity index is 838. The number of benzene rings is 2. The molecule has 0 aliphatic carbocycles. The molecule has 2 aromatic rings. The van der Waals surface area contributed by atoms with Gasteiger partial charge in [-0.3, -0.25) is 9.69 Å². The SMILES string of the molecule is Cc1cccc2c1C(=O)N(c1ccc3c(c1)OCO3)C2C#N. The Kier molecular flexibility index (Phi) is 2.60. The smallest absolute Gasteiger partial charge is 0.260 e. The van der Waals surface area contributed by atoms with Crippen LogP contribution in [0.25, 0.3) is 0 Å². The summed E-state index contributed by atoms with van der Waals surface area (Å²) in [5.74, 6) is 1.09. The summed E-state index contributed by atoms with van der Waals surface area (Å²) in [5, 5.41) is 9.55. The number of hydrogen-bond acceptors (Lipinski definition) is 4. The van der Waals surface area contributed by atoms with Gasteiger partial charge in [-0.1, -0.05) is 18.2 Å². The van der Waals surface area contributed by atoms with Crippen molar-refractivity contribution in [1.82, 2.24) is 0 Å². The maximum absolute atomic E-state index is 12.8. The van der Waals surface area contributed by atoms with Gasteiger partial charge in [0.1, 0.15) is 0 Å². The number of aryl methyl sites for hydroxylation is 1. The Morgan fingerprint density at radius 1 is 1.23 bits per heavy atom. The molecular weight excluding hydrogens is 280 g/mol. The van der Waals surface area contributed by atoms with Crippen LogP contribution in [0, 0.1) is 18.3 Å². The molecule has 0 bridgehead atoms. The first-order chi connectivity index (χ1) is 10.7. The van der Waals surface area contributed by atoms with E-state index < -0.39 is 6.04 Å². The minimum absolute atomic E-state index is 0.154. The Labute approximate surface area is 127 Å². The molecule has 0 aromatic heterocycles. The predicted octanol–water partition coefficient (Wildman–Crippen LogP) is 2.95. The molecule has 2 heterocycles. The third-order valence-electron chi connectivity index (χ3n) is 4.05. The Balaban J connectivity index is 1.85. The number of anilines is 1. The Hall–Kier alpha value is -3.00. The van der Waals surface area contributed by atoms with Crippen molar-refractivity contribution < 1.29 is 14.3 Å². The predicted molar refractivity (Wildman–Crippen MR) is 78.9 cm³/mol. The number of amides is 1. The molecular formula is C17H12N2O3. The fourth-order valence-corrected chi connectivity index (χ4v) is 3.02. The molecule has 2 aliphatic rings. The highest BCUT2D eigenvalue weighted by Gasteiger charge is 2.39. The molecule has 108 valence electrons. The quantitative estimate of drug-likeness (QED) is 0.810. The lowest BCUT2D eigenvalue weighted by molar-refractivity contribution is 0.0994. The van der Waals surface area contributed by atoms with Gasteiger partial charge < -0.3 is 9.47 Å². The van der Waals surface area contributed by atoms with Crippen LogP contribution >= 0.6 is 0 Å². The Morgan fingerprint density at radius 3 is 2.86 bits per heavy atom. The van der Waals surface area contributed by atoms with Crippen LogP contribution in [0.3, 0.4) is 0 Å². The second kappa shape index (κ2) is 4.50. The van der Waals surface area contributed by atoms with Crippen LogP contribution in [-0.4, -0.2) is 12.7 Å². The third kappa shape index (κ3) is 1.61. The summed E-state index contributed by atoms with van der Waals surface area (Å²) >= 11 is 0. The van der Waals surface area contributed by atoms with Gasteiger partial charge in [0.05, 0.1) is 6.07 Å². The van der Waals surface area contributed by atoms with Crippen molar-refractivity contribution in [3.8, 4) is 17.6 Å². The molecule has 2 aromatic carbocycles. The lowest BCUT2D eigenvalue weighted by Gasteiger charge is -2.20. The van der Waals surface area contributed by atoms with E-state index >= 15 is 0 Å². The molecule has 2 aliphatic heterocycles. The van der Waals surface area contributed by atoms with E-state index in [2.05, 4.69) is 6.07 Å². The molecule has 0 radical (unpaired) electrons. The summed E-state index contributed by atoms with van der Waals surface area (Å²) in [4.78, 5) is 14.3. The van der Waals surface area contributed by atoms with Gasteiger partial charge in [0.2, 0.25) is 6.79 Å². The number of hydrogen-bond donors (Lipinski definition) is 0. The summed E-state index contributed by atoms with van der Waals surface area (Å²) in [6.07, 6.45) is 0. The van der Waals surface area contributed by atoms with E-state index in [1.54, 1.807) is 18.2 Å². The van der Waals surface area contributed by atoms with E-state index in [1.165, 1.54) is 4.90 Å². The minimum Gasteiger partial charge on any atom is -0.454 e. The van der Waals surface area contributed by atoms with Crippen LogP contribution in [0.4, 0.5) is 5.69 Å². The van der Waals surface area contributed by atoms with Crippen molar-refractivity contribution in [3.05, 3.63) is 53.1 Å². The fraction of sp³-hybridized carbons (Fsp3) is 0.176. The van der Waals surface area contributed by atoms with Gasteiger partial charge >= 0.3 is 0 Å². The van der Waals surface area contributed by atoms with Gasteiger partial charge in [-0.05, 0) is 24.6 Å². The molecule has 0 saturated heterocycles. The lowest BCUT2D eigenvalue weighted by atomic mass is 10.0. The maximum atomic E-state index is 12.8. The van der Waals surface area contributed by atoms with Crippen LogP contribution in [0.5, 0.6) is 11.5 Å². The first-order valence-electron chi connectivity index (χ1n) is 6.93. The second-order valence-electron chi connectivity index (χ2n) is 5.28. The second-order valence-corrected chi connectivity index (χ2v) is 5.28. The van der Waals surface area contributed by atoms with Crippen LogP contribution in [0.15, 0.2) is 36.4 Å².